The van der Waals surface area contributed by atoms with E-state index in [1.807, 2.05) is 59.3 Å². The van der Waals surface area contributed by atoms with E-state index in [0.717, 1.165) is 35.4 Å². The second-order valence-corrected chi connectivity index (χ2v) is 8.09. The van der Waals surface area contributed by atoms with Crippen molar-refractivity contribution in [3.63, 3.8) is 0 Å². The van der Waals surface area contributed by atoms with Crippen LogP contribution in [0, 0.1) is 0 Å². The lowest BCUT2D eigenvalue weighted by Crippen LogP contribution is -2.08. The molecule has 0 amide bonds. The number of Topliss-reactive ketones (excluding diaryl/α,β-unsaturated/α-hetero) is 1. The number of aryl methyl sites for hydroxylation is 1. The molecule has 0 atom stereocenters. The summed E-state index contributed by atoms with van der Waals surface area (Å²) in [5.41, 5.74) is 3.31. The number of carbonyl (C=O) groups excluding carboxylic acids is 1. The summed E-state index contributed by atoms with van der Waals surface area (Å²) in [4.78, 5) is 32.9. The molecule has 4 rings (SSSR count). The number of aromatic carboxylic acids is 1. The van der Waals surface area contributed by atoms with E-state index in [4.69, 9.17) is 0 Å². The van der Waals surface area contributed by atoms with E-state index in [9.17, 15) is 14.7 Å². The number of unbranched alkanes of at least 4 members (excludes halogenated alkanes) is 1. The first-order valence-electron chi connectivity index (χ1n) is 11.3. The van der Waals surface area contributed by atoms with Gasteiger partial charge in [-0.05, 0) is 29.2 Å². The second-order valence-electron chi connectivity index (χ2n) is 8.09. The van der Waals surface area contributed by atoms with Crippen LogP contribution in [-0.2, 0) is 19.4 Å². The fourth-order valence-corrected chi connectivity index (χ4v) is 3.76. The van der Waals surface area contributed by atoms with Gasteiger partial charge in [-0.25, -0.2) is 19.4 Å². The molecular formula is C27H26N4O3. The minimum atomic E-state index is -1.06. The van der Waals surface area contributed by atoms with Crippen molar-refractivity contribution in [2.24, 2.45) is 0 Å². The van der Waals surface area contributed by atoms with E-state index < -0.39 is 5.97 Å². The molecule has 0 unspecified atom stereocenters. The average Bonchev–Trinajstić information content (AvgIpc) is 3.26. The van der Waals surface area contributed by atoms with Gasteiger partial charge in [-0.1, -0.05) is 74.0 Å². The van der Waals surface area contributed by atoms with Gasteiger partial charge in [0.15, 0.2) is 5.69 Å². The number of carbonyl (C=O) groups is 2. The number of pyridine rings is 1. The summed E-state index contributed by atoms with van der Waals surface area (Å²) in [5.74, 6) is -0.175. The zero-order valence-corrected chi connectivity index (χ0v) is 19.0. The van der Waals surface area contributed by atoms with Gasteiger partial charge in [0.05, 0.1) is 0 Å². The molecule has 0 aliphatic carbocycles. The highest BCUT2D eigenvalue weighted by molar-refractivity contribution is 5.94. The number of rotatable bonds is 10. The van der Waals surface area contributed by atoms with Crippen LogP contribution < -0.4 is 0 Å². The Kier molecular flexibility index (Phi) is 7.22. The molecule has 7 heteroatoms. The van der Waals surface area contributed by atoms with Crippen molar-refractivity contribution in [2.75, 3.05) is 0 Å². The fraction of sp³-hybridized carbons (Fsp3) is 0.222. The summed E-state index contributed by atoms with van der Waals surface area (Å²) in [7, 11) is 0. The Morgan fingerprint density at radius 1 is 0.941 bits per heavy atom. The lowest BCUT2D eigenvalue weighted by atomic mass is 10.0. The molecule has 34 heavy (non-hydrogen) atoms. The lowest BCUT2D eigenvalue weighted by molar-refractivity contribution is 0.0691. The molecule has 0 radical (unpaired) electrons. The summed E-state index contributed by atoms with van der Waals surface area (Å²) in [6.45, 7) is 2.81. The number of benzene rings is 2. The van der Waals surface area contributed by atoms with Gasteiger partial charge in [0.25, 0.3) is 0 Å². The first-order valence-corrected chi connectivity index (χ1v) is 11.3. The van der Waals surface area contributed by atoms with Gasteiger partial charge in [-0.3, -0.25) is 4.79 Å². The molecule has 0 saturated heterocycles. The van der Waals surface area contributed by atoms with Crippen molar-refractivity contribution < 1.29 is 14.7 Å². The summed E-state index contributed by atoms with van der Waals surface area (Å²) >= 11 is 0. The lowest BCUT2D eigenvalue weighted by Gasteiger charge is -2.08. The predicted octanol–water partition coefficient (Wildman–Crippen LogP) is 4.85. The van der Waals surface area contributed by atoms with Gasteiger partial charge in [0.2, 0.25) is 11.6 Å². The number of hydrogen-bond acceptors (Lipinski definition) is 5. The van der Waals surface area contributed by atoms with E-state index in [1.165, 1.54) is 6.20 Å². The van der Waals surface area contributed by atoms with Crippen LogP contribution in [0.1, 0.15) is 57.8 Å². The van der Waals surface area contributed by atoms with Gasteiger partial charge in [-0.15, -0.1) is 5.10 Å². The fourth-order valence-electron chi connectivity index (χ4n) is 3.76. The molecule has 2 aromatic heterocycles. The van der Waals surface area contributed by atoms with Crippen molar-refractivity contribution in [3.05, 3.63) is 101 Å². The SMILES string of the molecule is CCCCn1nc(C(=O)Cc2ccccc2)nc1Cc1ccc(-c2cccnc2C(=O)O)cc1. The Morgan fingerprint density at radius 3 is 2.41 bits per heavy atom. The maximum absolute atomic E-state index is 12.8. The number of carboxylic acid groups (broad SMARTS) is 1. The minimum Gasteiger partial charge on any atom is -0.476 e. The minimum absolute atomic E-state index is 0.0242. The van der Waals surface area contributed by atoms with Crippen LogP contribution in [0.3, 0.4) is 0 Å². The Labute approximate surface area is 198 Å². The maximum atomic E-state index is 12.8. The number of carboxylic acids is 1. The van der Waals surface area contributed by atoms with E-state index in [0.29, 0.717) is 18.5 Å². The third-order valence-corrected chi connectivity index (χ3v) is 5.57. The molecule has 7 nitrogen and oxygen atoms in total. The first kappa shape index (κ1) is 23.0. The highest BCUT2D eigenvalue weighted by Crippen LogP contribution is 2.23. The smallest absolute Gasteiger partial charge is 0.355 e. The van der Waals surface area contributed by atoms with E-state index in [-0.39, 0.29) is 23.7 Å². The normalized spacial score (nSPS) is 10.9. The summed E-state index contributed by atoms with van der Waals surface area (Å²) in [5, 5.41) is 13.9. The highest BCUT2D eigenvalue weighted by Gasteiger charge is 2.18. The van der Waals surface area contributed by atoms with Crippen molar-refractivity contribution in [3.8, 4) is 11.1 Å². The Bertz CT molecular complexity index is 1280. The van der Waals surface area contributed by atoms with Gasteiger partial charge >= 0.3 is 5.97 Å². The van der Waals surface area contributed by atoms with E-state index in [2.05, 4.69) is 22.0 Å². The molecule has 172 valence electrons. The van der Waals surface area contributed by atoms with Crippen LogP contribution in [0.4, 0.5) is 0 Å². The Balaban J connectivity index is 1.55. The Morgan fingerprint density at radius 2 is 1.71 bits per heavy atom. The van der Waals surface area contributed by atoms with Gasteiger partial charge < -0.3 is 5.11 Å². The molecule has 0 aliphatic heterocycles. The number of hydrogen-bond donors (Lipinski definition) is 1. The van der Waals surface area contributed by atoms with Crippen LogP contribution in [0.2, 0.25) is 0 Å². The van der Waals surface area contributed by atoms with E-state index >= 15 is 0 Å². The highest BCUT2D eigenvalue weighted by atomic mass is 16.4. The molecule has 1 N–H and O–H groups in total. The quantitative estimate of drug-likeness (QED) is 0.344. The molecule has 2 heterocycles. The third-order valence-electron chi connectivity index (χ3n) is 5.57. The second kappa shape index (κ2) is 10.7. The third kappa shape index (κ3) is 5.43. The average molecular weight is 455 g/mol. The molecule has 0 saturated carbocycles. The van der Waals surface area contributed by atoms with Crippen LogP contribution in [0.25, 0.3) is 11.1 Å². The van der Waals surface area contributed by atoms with Crippen molar-refractivity contribution in [2.45, 2.75) is 39.2 Å². The van der Waals surface area contributed by atoms with Crippen LogP contribution in [0.15, 0.2) is 72.9 Å². The van der Waals surface area contributed by atoms with Gasteiger partial charge in [-0.2, -0.15) is 0 Å². The van der Waals surface area contributed by atoms with Crippen LogP contribution in [0.5, 0.6) is 0 Å². The van der Waals surface area contributed by atoms with Crippen LogP contribution in [-0.4, -0.2) is 36.6 Å². The monoisotopic (exact) mass is 454 g/mol. The molecule has 0 spiro atoms. The standard InChI is InChI=1S/C27H26N4O3/c1-2-3-16-31-24(29-26(30-31)23(32)17-19-8-5-4-6-9-19)18-20-11-13-21(14-12-20)22-10-7-15-28-25(22)27(33)34/h4-15H,2-3,16-18H2,1H3,(H,33,34). The molecule has 0 aliphatic rings. The summed E-state index contributed by atoms with van der Waals surface area (Å²) < 4.78 is 1.83. The predicted molar refractivity (Wildman–Crippen MR) is 129 cm³/mol. The molecule has 0 bridgehead atoms. The molecule has 0 fully saturated rings. The number of nitrogens with zero attached hydrogens (tertiary/aromatic N) is 4. The topological polar surface area (TPSA) is 98.0 Å². The number of aromatic nitrogens is 4. The zero-order valence-electron chi connectivity index (χ0n) is 19.0. The van der Waals surface area contributed by atoms with Crippen LogP contribution >= 0.6 is 0 Å². The summed E-state index contributed by atoms with van der Waals surface area (Å²) in [6.07, 6.45) is 4.22. The van der Waals surface area contributed by atoms with Crippen molar-refractivity contribution in [1.29, 1.82) is 0 Å². The number of ketones is 1. The summed E-state index contributed by atoms with van der Waals surface area (Å²) in [6, 6.07) is 20.7. The largest absolute Gasteiger partial charge is 0.476 e. The van der Waals surface area contributed by atoms with Gasteiger partial charge in [0.1, 0.15) is 5.82 Å². The molecule has 4 aromatic rings. The zero-order chi connectivity index (χ0) is 23.9. The molecule has 2 aromatic carbocycles. The van der Waals surface area contributed by atoms with E-state index in [1.54, 1.807) is 12.1 Å². The Hall–Kier alpha value is -4.13. The van der Waals surface area contributed by atoms with Gasteiger partial charge in [0, 0.05) is 31.1 Å². The first-order chi connectivity index (χ1) is 16.5. The van der Waals surface area contributed by atoms with Crippen molar-refractivity contribution in [1.82, 2.24) is 19.7 Å². The maximum Gasteiger partial charge on any atom is 0.355 e. The van der Waals surface area contributed by atoms with Crippen molar-refractivity contribution >= 4 is 11.8 Å². The molecular weight excluding hydrogens is 428 g/mol.